The predicted octanol–water partition coefficient (Wildman–Crippen LogP) is 15.4. The van der Waals surface area contributed by atoms with Crippen LogP contribution >= 0.6 is 0 Å². The van der Waals surface area contributed by atoms with Crippen molar-refractivity contribution in [2.75, 3.05) is 6.61 Å². The summed E-state index contributed by atoms with van der Waals surface area (Å²) < 4.78 is 6.36. The number of esters is 1. The van der Waals surface area contributed by atoms with Crippen molar-refractivity contribution in [2.45, 2.75) is 23.8 Å². The molecule has 1 saturated heterocycles. The van der Waals surface area contributed by atoms with Crippen LogP contribution in [0, 0.1) is 0 Å². The van der Waals surface area contributed by atoms with Crippen LogP contribution in [0.25, 0.3) is 291 Å². The number of hydrogen-bond acceptors (Lipinski definition) is 3. The van der Waals surface area contributed by atoms with Gasteiger partial charge in [-0.25, -0.2) is 4.79 Å². The number of rotatable bonds is 2. The van der Waals surface area contributed by atoms with Crippen LogP contribution in [0.5, 0.6) is 0 Å². The summed E-state index contributed by atoms with van der Waals surface area (Å²) in [4.78, 5) is 32.7. The number of hydrogen-bond donors (Lipinski definition) is 1. The Balaban J connectivity index is 1.22. The van der Waals surface area contributed by atoms with Gasteiger partial charge < -0.3 is 10.1 Å². The highest BCUT2D eigenvalue weighted by atomic mass is 16.5. The number of nitrogens with one attached hydrogen (secondary N) is 1. The molecule has 290 valence electrons. The van der Waals surface area contributed by atoms with E-state index >= 15 is 9.59 Å². The molecule has 69 heavy (non-hydrogen) atoms. The normalized spacial score (nSPS) is 23.7. The summed E-state index contributed by atoms with van der Waals surface area (Å²) in [5, 5.41) is 84.3. The van der Waals surface area contributed by atoms with Gasteiger partial charge >= 0.3 is 5.97 Å². The maximum atomic E-state index is 17.0. The van der Waals surface area contributed by atoms with Gasteiger partial charge in [0.15, 0.2) is 0 Å². The minimum Gasteiger partial charge on any atom is -0.464 e. The molecule has 4 nitrogen and oxygen atoms in total. The lowest BCUT2D eigenvalue weighted by Gasteiger charge is -2.49. The van der Waals surface area contributed by atoms with E-state index in [2.05, 4.69) is 5.32 Å². The molecule has 4 aliphatic carbocycles. The van der Waals surface area contributed by atoms with E-state index in [9.17, 15) is 0 Å². The topological polar surface area (TPSA) is 55.4 Å². The van der Waals surface area contributed by atoms with E-state index in [0.29, 0.717) is 0 Å². The molecule has 2 spiro atoms. The smallest absolute Gasteiger partial charge is 0.329 e. The van der Waals surface area contributed by atoms with E-state index in [1.165, 1.54) is 216 Å². The minimum absolute atomic E-state index is 0.0237. The van der Waals surface area contributed by atoms with Gasteiger partial charge in [-0.3, -0.25) is 4.79 Å². The molecule has 0 aromatic heterocycles. The molecule has 5 aliphatic rings. The SMILES string of the molecule is CCOC(=O)C1NC(=O)C23c4c5c6c7c8c9c(c%10c%11c2c2c4c4c%12c5c5c6c6c8c8c%13c9c9c%10c%10c%11c%11c2c2c4c4c%12c%12c5c5c6c8c6c8c%13c9c9c%10c%10c%11c2c2c4c4c%12c5c6c5c8c9c%10c2c45)C713. The van der Waals surface area contributed by atoms with Gasteiger partial charge in [-0.15, -0.1) is 0 Å². The maximum absolute atomic E-state index is 17.0. The van der Waals surface area contributed by atoms with Crippen molar-refractivity contribution in [3.8, 4) is 0 Å². The third-order valence-electron chi connectivity index (χ3n) is 25.0. The standard InChI is InChI=1S/C65H7NO3/c1-2-69-62(67)61-64-57-49-41-31-21-13-5-3-4-7-11-9(5)17-25-19(11)29-23-15(7)16-8(4)12-10-6(3)14(13)22-28-18(10)26-20(12)30-24(16)34-33(23)43-37(29)47-39(25)45(35(41)27(17)21)51(57)53(47)59-55(43)56-44(34)38(30)48-40(26)46-36(28)42(32(22)31)50(49)58(64)52(46)54(48)60(56)65(59,64)63(68)66-61/h61H,2H2,1H3,(H,66,68). The largest absolute Gasteiger partial charge is 0.464 e. The van der Waals surface area contributed by atoms with Crippen LogP contribution in [0.3, 0.4) is 0 Å². The molecule has 0 radical (unpaired) electrons. The first-order chi connectivity index (χ1) is 34.2. The summed E-state index contributed by atoms with van der Waals surface area (Å²) in [6.07, 6.45) is 0. The lowest BCUT2D eigenvalue weighted by Crippen LogP contribution is -2.57. The van der Waals surface area contributed by atoms with Crippen molar-refractivity contribution >= 4 is 303 Å². The highest BCUT2D eigenvalue weighted by Gasteiger charge is 2.79. The second kappa shape index (κ2) is 5.65. The summed E-state index contributed by atoms with van der Waals surface area (Å²) >= 11 is 0. The monoisotopic (exact) mass is 849 g/mol. The van der Waals surface area contributed by atoms with Gasteiger partial charge in [-0.2, -0.15) is 0 Å². The summed E-state index contributed by atoms with van der Waals surface area (Å²) in [5.74, 6) is -0.254. The molecular formula is C65H7NO3. The van der Waals surface area contributed by atoms with Crippen LogP contribution < -0.4 is 5.32 Å². The van der Waals surface area contributed by atoms with Crippen molar-refractivity contribution in [2.24, 2.45) is 0 Å². The third kappa shape index (κ3) is 1.30. The van der Waals surface area contributed by atoms with Crippen LogP contribution in [0.4, 0.5) is 0 Å². The number of carbonyl (C=O) groups is 2. The van der Waals surface area contributed by atoms with Crippen molar-refractivity contribution in [3.63, 3.8) is 0 Å². The first-order valence-electron chi connectivity index (χ1n) is 25.5. The van der Waals surface area contributed by atoms with Crippen molar-refractivity contribution in [1.29, 1.82) is 0 Å². The minimum atomic E-state index is -1.14. The molecule has 1 heterocycles. The molecule has 33 rings (SSSR count). The Morgan fingerprint density at radius 1 is 0.319 bits per heavy atom. The summed E-state index contributed by atoms with van der Waals surface area (Å²) in [5.41, 5.74) is 2.93. The van der Waals surface area contributed by atoms with Gasteiger partial charge in [-0.1, -0.05) is 0 Å². The lowest BCUT2D eigenvalue weighted by atomic mass is 9.48. The van der Waals surface area contributed by atoms with Crippen molar-refractivity contribution in [1.82, 2.24) is 5.32 Å². The van der Waals surface area contributed by atoms with E-state index < -0.39 is 16.9 Å². The molecule has 1 aliphatic heterocycles. The molecule has 1 amide bonds. The molecule has 1 unspecified atom stereocenters. The van der Waals surface area contributed by atoms with Crippen molar-refractivity contribution < 1.29 is 14.3 Å². The van der Waals surface area contributed by atoms with E-state index in [1.54, 1.807) is 97.0 Å². The second-order valence-corrected chi connectivity index (χ2v) is 25.0. The summed E-state index contributed by atoms with van der Waals surface area (Å²) in [6.45, 7) is 2.21. The average Bonchev–Trinajstić information content (AvgIpc) is 4.20. The Morgan fingerprint density at radius 3 is 0.681 bits per heavy atom. The van der Waals surface area contributed by atoms with Crippen LogP contribution in [0.2, 0.25) is 0 Å². The third-order valence-corrected chi connectivity index (χ3v) is 25.0. The Kier molecular flexibility index (Phi) is 2.09. The highest BCUT2D eigenvalue weighted by molar-refractivity contribution is 6.82. The Hall–Kier alpha value is -8.60. The van der Waals surface area contributed by atoms with Gasteiger partial charge in [0.25, 0.3) is 0 Å². The quantitative estimate of drug-likeness (QED) is 0.139. The van der Waals surface area contributed by atoms with Gasteiger partial charge in [0.2, 0.25) is 5.91 Å². The first-order valence-corrected chi connectivity index (χ1v) is 25.5. The summed E-state index contributed by atoms with van der Waals surface area (Å²) in [6, 6.07) is -0.874. The molecule has 0 bridgehead atoms. The first kappa shape index (κ1) is 25.5. The molecule has 1 fully saturated rings. The van der Waals surface area contributed by atoms with Crippen LogP contribution in [-0.4, -0.2) is 24.5 Å². The molecule has 4 heteroatoms. The number of ether oxygens (including phenoxy) is 1. The molecular weight excluding hydrogens is 843 g/mol. The fourth-order valence-corrected chi connectivity index (χ4v) is 25.0. The lowest BCUT2D eigenvalue weighted by molar-refractivity contribution is -0.147. The average molecular weight is 850 g/mol. The van der Waals surface area contributed by atoms with Crippen LogP contribution in [0.15, 0.2) is 0 Å². The number of amides is 1. The zero-order valence-corrected chi connectivity index (χ0v) is 35.0. The second-order valence-electron chi connectivity index (χ2n) is 25.0. The fraction of sp³-hybridized carbons (Fsp3) is 0.0769. The predicted molar refractivity (Wildman–Crippen MR) is 282 cm³/mol. The maximum Gasteiger partial charge on any atom is 0.329 e. The Bertz CT molecular complexity index is 7050. The summed E-state index contributed by atoms with van der Waals surface area (Å²) in [7, 11) is 0. The van der Waals surface area contributed by atoms with Gasteiger partial charge in [0, 0.05) is 0 Å². The van der Waals surface area contributed by atoms with Crippen LogP contribution in [-0.2, 0) is 25.2 Å². The zero-order valence-electron chi connectivity index (χ0n) is 35.0. The van der Waals surface area contributed by atoms with E-state index in [1.807, 2.05) is 6.92 Å². The Labute approximate surface area is 373 Å². The van der Waals surface area contributed by atoms with Gasteiger partial charge in [-0.05, 0) is 320 Å². The Morgan fingerprint density at radius 2 is 0.493 bits per heavy atom. The van der Waals surface area contributed by atoms with E-state index in [0.717, 1.165) is 0 Å². The van der Waals surface area contributed by atoms with Crippen molar-refractivity contribution in [3.05, 3.63) is 22.3 Å². The van der Waals surface area contributed by atoms with Crippen LogP contribution in [0.1, 0.15) is 29.2 Å². The molecule has 28 aromatic rings. The number of carbonyl (C=O) groups excluding carboxylic acids is 2. The molecule has 0 saturated carbocycles. The molecule has 1 atom stereocenters. The molecule has 1 N–H and O–H groups in total. The van der Waals surface area contributed by atoms with Gasteiger partial charge in [0.05, 0.1) is 12.0 Å². The zero-order chi connectivity index (χ0) is 41.3. The fourth-order valence-electron chi connectivity index (χ4n) is 25.0. The number of benzene rings is 18. The molecule has 28 aromatic carbocycles. The van der Waals surface area contributed by atoms with Gasteiger partial charge in [0.1, 0.15) is 11.5 Å². The van der Waals surface area contributed by atoms with E-state index in [4.69, 9.17) is 4.74 Å². The highest BCUT2D eigenvalue weighted by Crippen LogP contribution is 2.85. The van der Waals surface area contributed by atoms with E-state index in [-0.39, 0.29) is 18.5 Å².